The number of nitrogens with one attached hydrogen (secondary N) is 2. The van der Waals surface area contributed by atoms with Gasteiger partial charge in [-0.2, -0.15) is 0 Å². The highest BCUT2D eigenvalue weighted by Gasteiger charge is 2.29. The van der Waals surface area contributed by atoms with Crippen molar-refractivity contribution in [2.24, 2.45) is 5.92 Å². The molecule has 0 saturated heterocycles. The number of aryl methyl sites for hydroxylation is 1. The number of nitrogens with zero attached hydrogens (tertiary/aromatic N) is 1. The molecule has 2 amide bonds. The Morgan fingerprint density at radius 2 is 1.75 bits per heavy atom. The van der Waals surface area contributed by atoms with Crippen LogP contribution in [0.25, 0.3) is 10.6 Å². The molecule has 4 rings (SSSR count). The van der Waals surface area contributed by atoms with E-state index in [1.54, 1.807) is 30.3 Å². The van der Waals surface area contributed by atoms with E-state index in [2.05, 4.69) is 15.6 Å². The molecule has 0 spiro atoms. The van der Waals surface area contributed by atoms with Crippen LogP contribution in [0.4, 0.5) is 11.4 Å². The maximum Gasteiger partial charge on any atom is 0.267 e. The van der Waals surface area contributed by atoms with E-state index in [1.165, 1.54) is 11.3 Å². The Balaban J connectivity index is 1.45. The third-order valence-corrected chi connectivity index (χ3v) is 5.87. The summed E-state index contributed by atoms with van der Waals surface area (Å²) in [7, 11) is 0. The van der Waals surface area contributed by atoms with Crippen LogP contribution < -0.4 is 10.6 Å². The van der Waals surface area contributed by atoms with Gasteiger partial charge in [0.1, 0.15) is 9.88 Å². The van der Waals surface area contributed by atoms with Gasteiger partial charge >= 0.3 is 0 Å². The molecule has 1 heterocycles. The number of amides is 2. The summed E-state index contributed by atoms with van der Waals surface area (Å²) in [5.74, 6) is 0.00559. The Bertz CT molecular complexity index is 1040. The van der Waals surface area contributed by atoms with Gasteiger partial charge in [0.2, 0.25) is 5.91 Å². The largest absolute Gasteiger partial charge is 0.326 e. The summed E-state index contributed by atoms with van der Waals surface area (Å²) in [5.41, 5.74) is 2.94. The van der Waals surface area contributed by atoms with E-state index in [1.807, 2.05) is 25.1 Å². The van der Waals surface area contributed by atoms with Gasteiger partial charge in [-0.3, -0.25) is 9.59 Å². The number of hydrogen-bond acceptors (Lipinski definition) is 4. The van der Waals surface area contributed by atoms with Crippen LogP contribution in [0.1, 0.15) is 28.2 Å². The minimum atomic E-state index is -0.210. The fraction of sp³-hybridized carbons (Fsp3) is 0.190. The molecule has 1 saturated carbocycles. The molecular formula is C21H18ClN3O2S. The minimum absolute atomic E-state index is 0.0608. The average molecular weight is 412 g/mol. The Kier molecular flexibility index (Phi) is 5.15. The average Bonchev–Trinajstić information content (AvgIpc) is 3.45. The van der Waals surface area contributed by atoms with Gasteiger partial charge in [-0.05, 0) is 56.2 Å². The monoisotopic (exact) mass is 411 g/mol. The van der Waals surface area contributed by atoms with Crippen LogP contribution in [0.15, 0.2) is 48.5 Å². The first-order valence-corrected chi connectivity index (χ1v) is 10.1. The molecule has 1 fully saturated rings. The van der Waals surface area contributed by atoms with Crippen molar-refractivity contribution in [2.75, 3.05) is 10.6 Å². The van der Waals surface area contributed by atoms with Gasteiger partial charge in [0.05, 0.1) is 5.69 Å². The van der Waals surface area contributed by atoms with Gasteiger partial charge in [0, 0.05) is 27.9 Å². The van der Waals surface area contributed by atoms with Crippen molar-refractivity contribution in [1.29, 1.82) is 0 Å². The van der Waals surface area contributed by atoms with Crippen LogP contribution in [0.3, 0.4) is 0 Å². The summed E-state index contributed by atoms with van der Waals surface area (Å²) in [6.07, 6.45) is 1.93. The molecule has 1 aromatic heterocycles. The lowest BCUT2D eigenvalue weighted by Gasteiger charge is -2.07. The highest BCUT2D eigenvalue weighted by molar-refractivity contribution is 7.17. The molecule has 7 heteroatoms. The predicted molar refractivity (Wildman–Crippen MR) is 113 cm³/mol. The summed E-state index contributed by atoms with van der Waals surface area (Å²) in [5, 5.41) is 7.15. The number of anilines is 2. The molecule has 1 aliphatic rings. The summed E-state index contributed by atoms with van der Waals surface area (Å²) in [6, 6.07) is 14.5. The number of carbonyl (C=O) groups is 2. The molecule has 142 valence electrons. The summed E-state index contributed by atoms with van der Waals surface area (Å²) in [4.78, 5) is 29.5. The summed E-state index contributed by atoms with van der Waals surface area (Å²) >= 11 is 7.38. The Morgan fingerprint density at radius 3 is 2.39 bits per heavy atom. The zero-order valence-corrected chi connectivity index (χ0v) is 16.7. The number of rotatable bonds is 5. The van der Waals surface area contributed by atoms with Crippen molar-refractivity contribution in [3.05, 3.63) is 64.1 Å². The van der Waals surface area contributed by atoms with Crippen molar-refractivity contribution < 1.29 is 9.59 Å². The Morgan fingerprint density at radius 1 is 1.07 bits per heavy atom. The second-order valence-corrected chi connectivity index (χ2v) is 8.17. The van der Waals surface area contributed by atoms with Crippen LogP contribution in [0.2, 0.25) is 5.02 Å². The number of halogens is 1. The van der Waals surface area contributed by atoms with Crippen molar-refractivity contribution in [3.8, 4) is 10.6 Å². The van der Waals surface area contributed by atoms with Crippen LogP contribution in [0, 0.1) is 12.8 Å². The van der Waals surface area contributed by atoms with Gasteiger partial charge in [0.25, 0.3) is 5.91 Å². The van der Waals surface area contributed by atoms with E-state index in [4.69, 9.17) is 11.6 Å². The van der Waals surface area contributed by atoms with E-state index < -0.39 is 0 Å². The summed E-state index contributed by atoms with van der Waals surface area (Å²) < 4.78 is 0. The maximum atomic E-state index is 12.7. The fourth-order valence-corrected chi connectivity index (χ4v) is 3.91. The number of carbonyl (C=O) groups excluding carboxylic acids is 2. The van der Waals surface area contributed by atoms with Gasteiger partial charge < -0.3 is 10.6 Å². The molecule has 0 unspecified atom stereocenters. The number of aromatic nitrogens is 1. The smallest absolute Gasteiger partial charge is 0.267 e. The van der Waals surface area contributed by atoms with E-state index in [9.17, 15) is 9.59 Å². The lowest BCUT2D eigenvalue weighted by Crippen LogP contribution is -2.14. The van der Waals surface area contributed by atoms with E-state index in [-0.39, 0.29) is 17.7 Å². The van der Waals surface area contributed by atoms with Gasteiger partial charge in [0.15, 0.2) is 0 Å². The fourth-order valence-electron chi connectivity index (χ4n) is 2.77. The number of thiazole rings is 1. The SMILES string of the molecule is Cc1nc(-c2cccc(Cl)c2)sc1C(=O)Nc1ccc(NC(=O)C2CC2)cc1. The van der Waals surface area contributed by atoms with Crippen molar-refractivity contribution >= 4 is 46.1 Å². The molecule has 0 bridgehead atoms. The third kappa shape index (κ3) is 4.24. The van der Waals surface area contributed by atoms with Gasteiger partial charge in [-0.25, -0.2) is 4.98 Å². The van der Waals surface area contributed by atoms with Crippen molar-refractivity contribution in [1.82, 2.24) is 4.98 Å². The first-order valence-electron chi connectivity index (χ1n) is 8.95. The second kappa shape index (κ2) is 7.73. The standard InChI is InChI=1S/C21H18ClN3O2S/c1-12-18(28-21(23-12)14-3-2-4-15(22)11-14)20(27)25-17-9-7-16(8-10-17)24-19(26)13-5-6-13/h2-4,7-11,13H,5-6H2,1H3,(H,24,26)(H,25,27). The zero-order valence-electron chi connectivity index (χ0n) is 15.2. The van der Waals surface area contributed by atoms with Crippen LogP contribution in [-0.2, 0) is 4.79 Å². The lowest BCUT2D eigenvalue weighted by molar-refractivity contribution is -0.117. The summed E-state index contributed by atoms with van der Waals surface area (Å²) in [6.45, 7) is 1.82. The van der Waals surface area contributed by atoms with Gasteiger partial charge in [-0.15, -0.1) is 11.3 Å². The quantitative estimate of drug-likeness (QED) is 0.592. The molecule has 28 heavy (non-hydrogen) atoms. The number of hydrogen-bond donors (Lipinski definition) is 2. The first-order chi connectivity index (χ1) is 13.5. The molecule has 1 aliphatic carbocycles. The molecule has 5 nitrogen and oxygen atoms in total. The molecule has 2 aromatic carbocycles. The maximum absolute atomic E-state index is 12.7. The molecule has 0 radical (unpaired) electrons. The van der Waals surface area contributed by atoms with E-state index >= 15 is 0 Å². The van der Waals surface area contributed by atoms with Crippen LogP contribution >= 0.6 is 22.9 Å². The molecule has 2 N–H and O–H groups in total. The lowest BCUT2D eigenvalue weighted by atomic mass is 10.2. The number of benzene rings is 2. The Labute approximate surface area is 171 Å². The van der Waals surface area contributed by atoms with Crippen LogP contribution in [0.5, 0.6) is 0 Å². The third-order valence-electron chi connectivity index (χ3n) is 4.43. The predicted octanol–water partition coefficient (Wildman–Crippen LogP) is 5.37. The Hall–Kier alpha value is -2.70. The normalized spacial score (nSPS) is 13.2. The van der Waals surface area contributed by atoms with Gasteiger partial charge in [-0.1, -0.05) is 23.7 Å². The van der Waals surface area contributed by atoms with Crippen molar-refractivity contribution in [3.63, 3.8) is 0 Å². The molecule has 0 aliphatic heterocycles. The van der Waals surface area contributed by atoms with Crippen molar-refractivity contribution in [2.45, 2.75) is 19.8 Å². The zero-order chi connectivity index (χ0) is 19.7. The molecule has 3 aromatic rings. The molecular weight excluding hydrogens is 394 g/mol. The van der Waals surface area contributed by atoms with E-state index in [0.717, 1.165) is 29.1 Å². The topological polar surface area (TPSA) is 71.1 Å². The minimum Gasteiger partial charge on any atom is -0.326 e. The van der Waals surface area contributed by atoms with E-state index in [0.29, 0.717) is 21.3 Å². The van der Waals surface area contributed by atoms with Crippen LogP contribution in [-0.4, -0.2) is 16.8 Å². The molecule has 0 atom stereocenters. The highest BCUT2D eigenvalue weighted by atomic mass is 35.5. The second-order valence-electron chi connectivity index (χ2n) is 6.74. The highest BCUT2D eigenvalue weighted by Crippen LogP contribution is 2.31. The first kappa shape index (κ1) is 18.7.